The fraction of sp³-hybridized carbons (Fsp3) is 0.556. The second kappa shape index (κ2) is 8.57. The van der Waals surface area contributed by atoms with Crippen LogP contribution in [0.4, 0.5) is 10.5 Å². The summed E-state index contributed by atoms with van der Waals surface area (Å²) in [4.78, 5) is 27.1. The molecule has 6 heteroatoms. The van der Waals surface area contributed by atoms with Gasteiger partial charge in [0.25, 0.3) is 0 Å². The molecule has 24 heavy (non-hydrogen) atoms. The van der Waals surface area contributed by atoms with Crippen molar-refractivity contribution in [3.8, 4) is 0 Å². The first-order valence-corrected chi connectivity index (χ1v) is 8.58. The number of rotatable bonds is 6. The number of carboxylic acid groups (broad SMARTS) is 1. The summed E-state index contributed by atoms with van der Waals surface area (Å²) in [6.45, 7) is 7.39. The fourth-order valence-corrected chi connectivity index (χ4v) is 3.03. The molecular weight excluding hydrogens is 306 g/mol. The van der Waals surface area contributed by atoms with Crippen molar-refractivity contribution in [2.45, 2.75) is 26.7 Å². The zero-order valence-corrected chi connectivity index (χ0v) is 14.5. The average molecular weight is 333 g/mol. The van der Waals surface area contributed by atoms with Gasteiger partial charge in [-0.3, -0.25) is 4.79 Å². The molecule has 1 aromatic carbocycles. The second-order valence-corrected chi connectivity index (χ2v) is 6.25. The maximum atomic E-state index is 12.2. The molecule has 2 N–H and O–H groups in total. The predicted octanol–water partition coefficient (Wildman–Crippen LogP) is 2.33. The number of nitrogens with one attached hydrogen (secondary N) is 1. The SMILES string of the molecule is CCN(CCNC(=O)N1CCC(C(=O)O)CC1)c1cccc(C)c1. The van der Waals surface area contributed by atoms with Gasteiger partial charge >= 0.3 is 12.0 Å². The first-order chi connectivity index (χ1) is 11.5. The van der Waals surface area contributed by atoms with E-state index in [2.05, 4.69) is 42.3 Å². The van der Waals surface area contributed by atoms with Crippen LogP contribution in [0.5, 0.6) is 0 Å². The van der Waals surface area contributed by atoms with Crippen LogP contribution in [0, 0.1) is 12.8 Å². The van der Waals surface area contributed by atoms with Gasteiger partial charge in [0, 0.05) is 38.4 Å². The van der Waals surface area contributed by atoms with Gasteiger partial charge in [-0.2, -0.15) is 0 Å². The Morgan fingerprint density at radius 3 is 2.62 bits per heavy atom. The Bertz CT molecular complexity index is 568. The maximum Gasteiger partial charge on any atom is 0.317 e. The Balaban J connectivity index is 1.76. The van der Waals surface area contributed by atoms with Gasteiger partial charge in [-0.1, -0.05) is 12.1 Å². The van der Waals surface area contributed by atoms with Gasteiger partial charge in [0.1, 0.15) is 0 Å². The third-order valence-electron chi connectivity index (χ3n) is 4.54. The molecule has 1 aliphatic rings. The van der Waals surface area contributed by atoms with E-state index in [1.54, 1.807) is 4.90 Å². The topological polar surface area (TPSA) is 72.9 Å². The number of nitrogens with zero attached hydrogens (tertiary/aromatic N) is 2. The molecule has 2 rings (SSSR count). The van der Waals surface area contributed by atoms with E-state index in [0.717, 1.165) is 18.8 Å². The van der Waals surface area contributed by atoms with E-state index < -0.39 is 5.97 Å². The summed E-state index contributed by atoms with van der Waals surface area (Å²) in [7, 11) is 0. The number of urea groups is 1. The van der Waals surface area contributed by atoms with E-state index >= 15 is 0 Å². The van der Waals surface area contributed by atoms with Crippen molar-refractivity contribution in [3.05, 3.63) is 29.8 Å². The summed E-state index contributed by atoms with van der Waals surface area (Å²) in [6.07, 6.45) is 1.07. The zero-order valence-electron chi connectivity index (χ0n) is 14.5. The summed E-state index contributed by atoms with van der Waals surface area (Å²) in [5, 5.41) is 11.9. The number of likely N-dealkylation sites (tertiary alicyclic amines) is 1. The van der Waals surface area contributed by atoms with Gasteiger partial charge in [0.15, 0.2) is 0 Å². The lowest BCUT2D eigenvalue weighted by Crippen LogP contribution is -2.47. The molecule has 1 fully saturated rings. The van der Waals surface area contributed by atoms with Gasteiger partial charge in [-0.05, 0) is 44.4 Å². The van der Waals surface area contributed by atoms with Crippen LogP contribution >= 0.6 is 0 Å². The Morgan fingerprint density at radius 1 is 1.33 bits per heavy atom. The molecule has 132 valence electrons. The van der Waals surface area contributed by atoms with Crippen molar-refractivity contribution < 1.29 is 14.7 Å². The Morgan fingerprint density at radius 2 is 2.04 bits per heavy atom. The molecule has 1 heterocycles. The minimum absolute atomic E-state index is 0.0980. The second-order valence-electron chi connectivity index (χ2n) is 6.25. The molecule has 0 saturated carbocycles. The Labute approximate surface area is 143 Å². The number of amides is 2. The van der Waals surface area contributed by atoms with Gasteiger partial charge in [-0.25, -0.2) is 4.79 Å². The summed E-state index contributed by atoms with van der Waals surface area (Å²) in [6, 6.07) is 8.23. The third-order valence-corrected chi connectivity index (χ3v) is 4.54. The van der Waals surface area contributed by atoms with E-state index in [4.69, 9.17) is 5.11 Å². The number of carbonyl (C=O) groups is 2. The van der Waals surface area contributed by atoms with Crippen molar-refractivity contribution in [1.29, 1.82) is 0 Å². The molecule has 2 amide bonds. The van der Waals surface area contributed by atoms with Gasteiger partial charge < -0.3 is 20.2 Å². The number of hydrogen-bond donors (Lipinski definition) is 2. The summed E-state index contributed by atoms with van der Waals surface area (Å²) < 4.78 is 0. The van der Waals surface area contributed by atoms with Crippen molar-refractivity contribution >= 4 is 17.7 Å². The number of benzene rings is 1. The average Bonchev–Trinajstić information content (AvgIpc) is 2.58. The Kier molecular flexibility index (Phi) is 6.46. The summed E-state index contributed by atoms with van der Waals surface area (Å²) >= 11 is 0. The minimum Gasteiger partial charge on any atom is -0.481 e. The lowest BCUT2D eigenvalue weighted by Gasteiger charge is -2.30. The quantitative estimate of drug-likeness (QED) is 0.838. The third kappa shape index (κ3) is 4.88. The number of carboxylic acids is 1. The highest BCUT2D eigenvalue weighted by Crippen LogP contribution is 2.17. The number of aliphatic carboxylic acids is 1. The van der Waals surface area contributed by atoms with Crippen LogP contribution in [0.25, 0.3) is 0 Å². The molecule has 0 atom stereocenters. The van der Waals surface area contributed by atoms with E-state index in [-0.39, 0.29) is 11.9 Å². The standard InChI is InChI=1S/C18H27N3O3/c1-3-20(16-6-4-5-14(2)13-16)12-9-19-18(24)21-10-7-15(8-11-21)17(22)23/h4-6,13,15H,3,7-12H2,1-2H3,(H,19,24)(H,22,23). The molecule has 6 nitrogen and oxygen atoms in total. The largest absolute Gasteiger partial charge is 0.481 e. The number of hydrogen-bond acceptors (Lipinski definition) is 3. The van der Waals surface area contributed by atoms with E-state index in [1.807, 2.05) is 6.07 Å². The summed E-state index contributed by atoms with van der Waals surface area (Å²) in [5.41, 5.74) is 2.38. The zero-order chi connectivity index (χ0) is 17.5. The predicted molar refractivity (Wildman–Crippen MR) is 94.4 cm³/mol. The number of anilines is 1. The van der Waals surface area contributed by atoms with Crippen LogP contribution in [0.15, 0.2) is 24.3 Å². The highest BCUT2D eigenvalue weighted by Gasteiger charge is 2.26. The molecule has 0 spiro atoms. The van der Waals surface area contributed by atoms with E-state index in [9.17, 15) is 9.59 Å². The molecule has 0 aliphatic carbocycles. The van der Waals surface area contributed by atoms with Gasteiger partial charge in [0.2, 0.25) is 0 Å². The molecule has 0 bridgehead atoms. The molecular formula is C18H27N3O3. The molecule has 0 radical (unpaired) electrons. The van der Waals surface area contributed by atoms with Crippen LogP contribution in [-0.2, 0) is 4.79 Å². The lowest BCUT2D eigenvalue weighted by atomic mass is 9.97. The van der Waals surface area contributed by atoms with Crippen molar-refractivity contribution in [1.82, 2.24) is 10.2 Å². The number of piperidine rings is 1. The lowest BCUT2D eigenvalue weighted by molar-refractivity contribution is -0.143. The normalized spacial score (nSPS) is 15.2. The molecule has 1 aliphatic heterocycles. The van der Waals surface area contributed by atoms with Crippen LogP contribution in [-0.4, -0.2) is 54.7 Å². The Hall–Kier alpha value is -2.24. The van der Waals surface area contributed by atoms with Gasteiger partial charge in [0.05, 0.1) is 5.92 Å². The van der Waals surface area contributed by atoms with Crippen molar-refractivity contribution in [2.75, 3.05) is 37.6 Å². The van der Waals surface area contributed by atoms with Crippen LogP contribution in [0.3, 0.4) is 0 Å². The molecule has 1 saturated heterocycles. The molecule has 0 aromatic heterocycles. The number of carbonyl (C=O) groups excluding carboxylic acids is 1. The van der Waals surface area contributed by atoms with E-state index in [0.29, 0.717) is 32.5 Å². The monoisotopic (exact) mass is 333 g/mol. The number of likely N-dealkylation sites (N-methyl/N-ethyl adjacent to an activating group) is 1. The van der Waals surface area contributed by atoms with Crippen LogP contribution in [0.2, 0.25) is 0 Å². The van der Waals surface area contributed by atoms with Crippen molar-refractivity contribution in [2.24, 2.45) is 5.92 Å². The van der Waals surface area contributed by atoms with Gasteiger partial charge in [-0.15, -0.1) is 0 Å². The van der Waals surface area contributed by atoms with Crippen molar-refractivity contribution in [3.63, 3.8) is 0 Å². The molecule has 0 unspecified atom stereocenters. The van der Waals surface area contributed by atoms with Crippen LogP contribution in [0.1, 0.15) is 25.3 Å². The first kappa shape index (κ1) is 18.1. The summed E-state index contributed by atoms with van der Waals surface area (Å²) in [5.74, 6) is -1.07. The number of aryl methyl sites for hydroxylation is 1. The fourth-order valence-electron chi connectivity index (χ4n) is 3.03. The minimum atomic E-state index is -0.758. The highest BCUT2D eigenvalue weighted by molar-refractivity contribution is 5.75. The van der Waals surface area contributed by atoms with E-state index in [1.165, 1.54) is 5.56 Å². The highest BCUT2D eigenvalue weighted by atomic mass is 16.4. The molecule has 1 aromatic rings. The van der Waals surface area contributed by atoms with Crippen LogP contribution < -0.4 is 10.2 Å². The smallest absolute Gasteiger partial charge is 0.317 e. The first-order valence-electron chi connectivity index (χ1n) is 8.58. The maximum absolute atomic E-state index is 12.2.